The van der Waals surface area contributed by atoms with Gasteiger partial charge in [0.05, 0.1) is 29.4 Å². The minimum Gasteiger partial charge on any atom is -0.482 e. The molecule has 0 radical (unpaired) electrons. The van der Waals surface area contributed by atoms with E-state index in [1.165, 1.54) is 0 Å². The summed E-state index contributed by atoms with van der Waals surface area (Å²) < 4.78 is 12.4. The van der Waals surface area contributed by atoms with E-state index in [0.717, 1.165) is 16.7 Å². The van der Waals surface area contributed by atoms with Crippen LogP contribution in [0.15, 0.2) is 35.9 Å². The van der Waals surface area contributed by atoms with E-state index in [-0.39, 0.29) is 31.4 Å². The van der Waals surface area contributed by atoms with Crippen LogP contribution in [0.2, 0.25) is 0 Å². The van der Waals surface area contributed by atoms with E-state index in [4.69, 9.17) is 14.6 Å². The highest BCUT2D eigenvalue weighted by Gasteiger charge is 2.40. The van der Waals surface area contributed by atoms with Gasteiger partial charge in [-0.15, -0.1) is 0 Å². The molecule has 3 N–H and O–H groups in total. The summed E-state index contributed by atoms with van der Waals surface area (Å²) in [5.74, 6) is 0.183. The van der Waals surface area contributed by atoms with Crippen molar-refractivity contribution in [3.8, 4) is 5.75 Å². The van der Waals surface area contributed by atoms with Gasteiger partial charge in [0.2, 0.25) is 11.8 Å². The number of rotatable bonds is 10. The van der Waals surface area contributed by atoms with Crippen molar-refractivity contribution in [2.75, 3.05) is 52.5 Å². The van der Waals surface area contributed by atoms with Crippen molar-refractivity contribution < 1.29 is 29.3 Å². The van der Waals surface area contributed by atoms with Crippen LogP contribution in [0.4, 0.5) is 0 Å². The second kappa shape index (κ2) is 13.4. The molecule has 10 heteroatoms. The fraction of sp³-hybridized carbons (Fsp3) is 0.583. The summed E-state index contributed by atoms with van der Waals surface area (Å²) in [4.78, 5) is 29.7. The third-order valence-corrected chi connectivity index (χ3v) is 6.99. The van der Waals surface area contributed by atoms with Gasteiger partial charge in [0.15, 0.2) is 0 Å². The number of carbonyl (C=O) groups excluding carboxylic acids is 2. The molecule has 188 valence electrons. The molecule has 0 aromatic heterocycles. The van der Waals surface area contributed by atoms with Crippen LogP contribution < -0.4 is 10.1 Å². The van der Waals surface area contributed by atoms with Gasteiger partial charge in [-0.1, -0.05) is 19.1 Å². The summed E-state index contributed by atoms with van der Waals surface area (Å²) in [6.45, 7) is 5.78. The normalized spacial score (nSPS) is 23.2. The quantitative estimate of drug-likeness (QED) is 0.347. The maximum absolute atomic E-state index is 13.0. The van der Waals surface area contributed by atoms with Crippen LogP contribution in [-0.4, -0.2) is 103 Å². The molecule has 3 rings (SSSR count). The molecule has 1 aliphatic heterocycles. The molecule has 9 nitrogen and oxygen atoms in total. The first-order chi connectivity index (χ1) is 16.4. The van der Waals surface area contributed by atoms with Crippen LogP contribution in [0.1, 0.15) is 19.8 Å². The highest BCUT2D eigenvalue weighted by Crippen LogP contribution is 2.30. The Morgan fingerprint density at radius 1 is 1.29 bits per heavy atom. The van der Waals surface area contributed by atoms with Gasteiger partial charge >= 0.3 is 0 Å². The highest BCUT2D eigenvalue weighted by atomic mass is 127. The Morgan fingerprint density at radius 2 is 2.03 bits per heavy atom. The molecule has 0 bridgehead atoms. The number of morpholine rings is 1. The standard InChI is InChI=1S/C24H34IN3O6/c1-2-22(30)28(9-8-27-10-13-33-14-11-27)19-15-17(24(32)26-7-12-29)16-21(23(19)31)34-20-6-4-3-5-18(20)25/h3-6,16,19,21,23,29,31H,2,7-15H2,1H3,(H,26,32). The number of hydrogen-bond donors (Lipinski definition) is 3. The number of amides is 2. The number of ether oxygens (including phenoxy) is 2. The van der Waals surface area contributed by atoms with Crippen LogP contribution in [0.3, 0.4) is 0 Å². The molecular formula is C24H34IN3O6. The number of nitrogens with zero attached hydrogens (tertiary/aromatic N) is 2. The summed E-state index contributed by atoms with van der Waals surface area (Å²) in [6.07, 6.45) is 0.321. The van der Waals surface area contributed by atoms with Crippen molar-refractivity contribution in [1.29, 1.82) is 0 Å². The number of carbonyl (C=O) groups is 2. The number of aliphatic hydroxyl groups is 2. The number of nitrogens with one attached hydrogen (secondary N) is 1. The SMILES string of the molecule is CCC(=O)N(CCN1CCOCC1)C1CC(C(=O)NCCO)=CC(Oc2ccccc2I)C1O. The minimum atomic E-state index is -1.01. The van der Waals surface area contributed by atoms with E-state index >= 15 is 0 Å². The predicted molar refractivity (Wildman–Crippen MR) is 135 cm³/mol. The Balaban J connectivity index is 1.84. The Morgan fingerprint density at radius 3 is 2.71 bits per heavy atom. The van der Waals surface area contributed by atoms with Crippen LogP contribution in [0.5, 0.6) is 5.75 Å². The summed E-state index contributed by atoms with van der Waals surface area (Å²) in [5, 5.41) is 23.1. The molecule has 1 saturated heterocycles. The summed E-state index contributed by atoms with van der Waals surface area (Å²) in [6, 6.07) is 6.84. The first kappa shape index (κ1) is 26.9. The second-order valence-electron chi connectivity index (χ2n) is 8.34. The fourth-order valence-electron chi connectivity index (χ4n) is 4.22. The van der Waals surface area contributed by atoms with E-state index in [1.54, 1.807) is 17.9 Å². The molecule has 1 aliphatic carbocycles. The Labute approximate surface area is 214 Å². The number of hydrogen-bond acceptors (Lipinski definition) is 7. The lowest BCUT2D eigenvalue weighted by molar-refractivity contribution is -0.138. The zero-order chi connectivity index (χ0) is 24.5. The average molecular weight is 587 g/mol. The molecule has 1 aromatic carbocycles. The van der Waals surface area contributed by atoms with Crippen molar-refractivity contribution in [3.63, 3.8) is 0 Å². The van der Waals surface area contributed by atoms with Gasteiger partial charge in [0, 0.05) is 51.1 Å². The largest absolute Gasteiger partial charge is 0.482 e. The molecule has 1 heterocycles. The summed E-state index contributed by atoms with van der Waals surface area (Å²) in [7, 11) is 0. The van der Waals surface area contributed by atoms with E-state index in [9.17, 15) is 14.7 Å². The highest BCUT2D eigenvalue weighted by molar-refractivity contribution is 14.1. The smallest absolute Gasteiger partial charge is 0.247 e. The van der Waals surface area contributed by atoms with Crippen molar-refractivity contribution in [2.24, 2.45) is 0 Å². The third kappa shape index (κ3) is 7.14. The molecule has 2 aliphatic rings. The number of benzene rings is 1. The van der Waals surface area contributed by atoms with Crippen molar-refractivity contribution in [2.45, 2.75) is 38.0 Å². The first-order valence-electron chi connectivity index (χ1n) is 11.7. The molecule has 3 atom stereocenters. The van der Waals surface area contributed by atoms with Gasteiger partial charge < -0.3 is 29.9 Å². The van der Waals surface area contributed by atoms with Gasteiger partial charge in [-0.3, -0.25) is 14.5 Å². The number of halogens is 1. The molecule has 2 amide bonds. The van der Waals surface area contributed by atoms with E-state index in [1.807, 2.05) is 24.3 Å². The second-order valence-corrected chi connectivity index (χ2v) is 9.50. The van der Waals surface area contributed by atoms with Gasteiger partial charge in [0.25, 0.3) is 0 Å². The number of para-hydroxylation sites is 1. The van der Waals surface area contributed by atoms with E-state index < -0.39 is 18.2 Å². The van der Waals surface area contributed by atoms with E-state index in [2.05, 4.69) is 32.8 Å². The molecule has 1 fully saturated rings. The molecular weight excluding hydrogens is 553 g/mol. The molecule has 0 saturated carbocycles. The van der Waals surface area contributed by atoms with Crippen molar-refractivity contribution >= 4 is 34.4 Å². The minimum absolute atomic E-state index is 0.0811. The van der Waals surface area contributed by atoms with E-state index in [0.29, 0.717) is 44.0 Å². The monoisotopic (exact) mass is 587 g/mol. The average Bonchev–Trinajstić information content (AvgIpc) is 2.86. The predicted octanol–water partition coefficient (Wildman–Crippen LogP) is 0.778. The zero-order valence-electron chi connectivity index (χ0n) is 19.5. The lowest BCUT2D eigenvalue weighted by Gasteiger charge is -2.41. The Kier molecular flexibility index (Phi) is 10.6. The fourth-order valence-corrected chi connectivity index (χ4v) is 4.73. The van der Waals surface area contributed by atoms with Gasteiger partial charge in [-0.05, 0) is 40.8 Å². The van der Waals surface area contributed by atoms with Gasteiger partial charge in [0.1, 0.15) is 18.0 Å². The lowest BCUT2D eigenvalue weighted by Crippen LogP contribution is -2.56. The van der Waals surface area contributed by atoms with Crippen LogP contribution >= 0.6 is 22.6 Å². The maximum Gasteiger partial charge on any atom is 0.247 e. The first-order valence-corrected chi connectivity index (χ1v) is 12.8. The molecule has 0 spiro atoms. The maximum atomic E-state index is 13.0. The number of aliphatic hydroxyl groups excluding tert-OH is 2. The van der Waals surface area contributed by atoms with Crippen LogP contribution in [-0.2, 0) is 14.3 Å². The summed E-state index contributed by atoms with van der Waals surface area (Å²) >= 11 is 2.16. The van der Waals surface area contributed by atoms with Crippen LogP contribution in [0.25, 0.3) is 0 Å². The Bertz CT molecular complexity index is 861. The van der Waals surface area contributed by atoms with Crippen molar-refractivity contribution in [3.05, 3.63) is 39.5 Å². The third-order valence-electron chi connectivity index (χ3n) is 6.10. The molecule has 34 heavy (non-hydrogen) atoms. The van der Waals surface area contributed by atoms with Gasteiger partial charge in [-0.2, -0.15) is 0 Å². The molecule has 3 unspecified atom stereocenters. The lowest BCUT2D eigenvalue weighted by atomic mass is 9.88. The Hall–Kier alpha value is -1.73. The zero-order valence-corrected chi connectivity index (χ0v) is 21.6. The van der Waals surface area contributed by atoms with Crippen LogP contribution in [0, 0.1) is 3.57 Å². The van der Waals surface area contributed by atoms with Gasteiger partial charge in [-0.25, -0.2) is 0 Å². The molecule has 1 aromatic rings. The topological polar surface area (TPSA) is 112 Å². The summed E-state index contributed by atoms with van der Waals surface area (Å²) in [5.41, 5.74) is 0.431. The van der Waals surface area contributed by atoms with Crippen molar-refractivity contribution in [1.82, 2.24) is 15.1 Å².